The van der Waals surface area contributed by atoms with E-state index in [4.69, 9.17) is 19.2 Å². The first kappa shape index (κ1) is 24.2. The Morgan fingerprint density at radius 1 is 1.06 bits per heavy atom. The van der Waals surface area contributed by atoms with Crippen LogP contribution in [-0.2, 0) is 0 Å². The summed E-state index contributed by atoms with van der Waals surface area (Å²) in [5, 5.41) is 6.73. The van der Waals surface area contributed by atoms with Gasteiger partial charge in [-0.25, -0.2) is 9.98 Å². The molecule has 1 aromatic heterocycles. The van der Waals surface area contributed by atoms with Crippen molar-refractivity contribution in [2.24, 2.45) is 15.4 Å². The number of nitrogens with zero attached hydrogens (tertiary/aromatic N) is 4. The van der Waals surface area contributed by atoms with Gasteiger partial charge in [0.1, 0.15) is 18.3 Å². The number of anilines is 2. The van der Waals surface area contributed by atoms with Gasteiger partial charge in [-0.05, 0) is 24.0 Å². The topological polar surface area (TPSA) is 92.6 Å². The molecule has 0 spiro atoms. The maximum absolute atomic E-state index is 5.45. The monoisotopic (exact) mass is 454 g/mol. The molecule has 1 aromatic carbocycles. The van der Waals surface area contributed by atoms with Gasteiger partial charge >= 0.3 is 0 Å². The Balaban J connectivity index is 1.86. The Kier molecular flexibility index (Phi) is 7.63. The standard InChI is InChI=1S/C24H34N6O3/c1-24(2,3)10-12-26-21-17(9-8-11-25-21)22-29-23(27-15-30(22)4)28-16-13-18(31-5)20(33-7)19(14-16)32-6/h8-9,11,13-14H,10,12,15H2,1-7H3,(H,25,26)(H,27,28). The van der Waals surface area contributed by atoms with Crippen molar-refractivity contribution >= 4 is 23.3 Å². The van der Waals surface area contributed by atoms with Gasteiger partial charge in [-0.3, -0.25) is 0 Å². The molecular weight excluding hydrogens is 420 g/mol. The summed E-state index contributed by atoms with van der Waals surface area (Å²) in [7, 11) is 6.71. The highest BCUT2D eigenvalue weighted by Gasteiger charge is 2.21. The maximum Gasteiger partial charge on any atom is 0.226 e. The molecule has 3 rings (SSSR count). The van der Waals surface area contributed by atoms with Crippen LogP contribution in [0.2, 0.25) is 0 Å². The van der Waals surface area contributed by atoms with Crippen LogP contribution < -0.4 is 24.8 Å². The van der Waals surface area contributed by atoms with Crippen molar-refractivity contribution in [3.63, 3.8) is 0 Å². The molecule has 1 aliphatic heterocycles. The van der Waals surface area contributed by atoms with Gasteiger partial charge in [0, 0.05) is 37.6 Å². The third kappa shape index (κ3) is 6.06. The molecule has 0 fully saturated rings. The van der Waals surface area contributed by atoms with Crippen LogP contribution in [0.4, 0.5) is 11.5 Å². The van der Waals surface area contributed by atoms with E-state index in [0.717, 1.165) is 35.9 Å². The van der Waals surface area contributed by atoms with Crippen LogP contribution in [0.3, 0.4) is 0 Å². The number of pyridine rings is 1. The second-order valence-corrected chi connectivity index (χ2v) is 8.93. The molecule has 2 N–H and O–H groups in total. The Labute approximate surface area is 195 Å². The van der Waals surface area contributed by atoms with Gasteiger partial charge in [0.15, 0.2) is 11.5 Å². The van der Waals surface area contributed by atoms with Gasteiger partial charge < -0.3 is 29.7 Å². The van der Waals surface area contributed by atoms with Crippen LogP contribution in [0, 0.1) is 5.41 Å². The Morgan fingerprint density at radius 2 is 1.76 bits per heavy atom. The van der Waals surface area contributed by atoms with Gasteiger partial charge in [0.25, 0.3) is 0 Å². The molecule has 0 atom stereocenters. The number of guanidine groups is 1. The van der Waals surface area contributed by atoms with Gasteiger partial charge in [0.05, 0.1) is 26.9 Å². The van der Waals surface area contributed by atoms with E-state index >= 15 is 0 Å². The average molecular weight is 455 g/mol. The van der Waals surface area contributed by atoms with E-state index < -0.39 is 0 Å². The Bertz CT molecular complexity index is 1000. The van der Waals surface area contributed by atoms with Crippen molar-refractivity contribution in [1.82, 2.24) is 9.88 Å². The zero-order chi connectivity index (χ0) is 24.0. The van der Waals surface area contributed by atoms with E-state index in [2.05, 4.69) is 41.4 Å². The lowest BCUT2D eigenvalue weighted by atomic mass is 9.92. The second kappa shape index (κ2) is 10.4. The molecule has 2 heterocycles. The molecule has 9 nitrogen and oxygen atoms in total. The lowest BCUT2D eigenvalue weighted by Crippen LogP contribution is -2.35. The smallest absolute Gasteiger partial charge is 0.226 e. The number of aliphatic imine (C=N–C) groups is 2. The highest BCUT2D eigenvalue weighted by Crippen LogP contribution is 2.40. The van der Waals surface area contributed by atoms with Crippen LogP contribution >= 0.6 is 0 Å². The highest BCUT2D eigenvalue weighted by molar-refractivity contribution is 6.12. The maximum atomic E-state index is 5.45. The van der Waals surface area contributed by atoms with Crippen LogP contribution in [0.5, 0.6) is 17.2 Å². The fourth-order valence-corrected chi connectivity index (χ4v) is 3.36. The molecule has 0 bridgehead atoms. The first-order valence-electron chi connectivity index (χ1n) is 10.9. The third-order valence-electron chi connectivity index (χ3n) is 5.14. The van der Waals surface area contributed by atoms with Crippen molar-refractivity contribution in [2.45, 2.75) is 27.2 Å². The first-order valence-corrected chi connectivity index (χ1v) is 10.9. The van der Waals surface area contributed by atoms with E-state index in [1.54, 1.807) is 27.5 Å². The van der Waals surface area contributed by atoms with Gasteiger partial charge in [0.2, 0.25) is 11.7 Å². The van der Waals surface area contributed by atoms with Gasteiger partial charge in [-0.2, -0.15) is 4.99 Å². The summed E-state index contributed by atoms with van der Waals surface area (Å²) in [6, 6.07) is 7.57. The number of hydrogen-bond acceptors (Lipinski definition) is 9. The average Bonchev–Trinajstić information content (AvgIpc) is 2.79. The van der Waals surface area contributed by atoms with Crippen molar-refractivity contribution in [3.8, 4) is 17.2 Å². The van der Waals surface area contributed by atoms with Crippen LogP contribution in [0.25, 0.3) is 0 Å². The molecule has 9 heteroatoms. The third-order valence-corrected chi connectivity index (χ3v) is 5.14. The van der Waals surface area contributed by atoms with E-state index in [9.17, 15) is 0 Å². The number of amidine groups is 1. The Morgan fingerprint density at radius 3 is 2.36 bits per heavy atom. The van der Waals surface area contributed by atoms with Gasteiger partial charge in [-0.15, -0.1) is 0 Å². The normalized spacial score (nSPS) is 13.7. The molecule has 0 saturated carbocycles. The molecule has 178 valence electrons. The molecule has 0 aliphatic carbocycles. The van der Waals surface area contributed by atoms with Crippen molar-refractivity contribution in [1.29, 1.82) is 0 Å². The number of rotatable bonds is 8. The minimum Gasteiger partial charge on any atom is -0.493 e. The lowest BCUT2D eigenvalue weighted by Gasteiger charge is -2.26. The van der Waals surface area contributed by atoms with E-state index in [-0.39, 0.29) is 5.41 Å². The predicted octanol–water partition coefficient (Wildman–Crippen LogP) is 4.07. The molecule has 0 saturated heterocycles. The fraction of sp³-hybridized carbons (Fsp3) is 0.458. The Hall–Kier alpha value is -3.49. The summed E-state index contributed by atoms with van der Waals surface area (Å²) in [5.41, 5.74) is 1.89. The van der Waals surface area contributed by atoms with E-state index in [1.165, 1.54) is 0 Å². The number of methoxy groups -OCH3 is 3. The SMILES string of the molecule is COc1cc(NC2=NCN(C)C(c3cccnc3NCCC(C)(C)C)=N2)cc(OC)c1OC. The van der Waals surface area contributed by atoms with E-state index in [0.29, 0.717) is 29.9 Å². The molecule has 33 heavy (non-hydrogen) atoms. The van der Waals surface area contributed by atoms with Gasteiger partial charge in [-0.1, -0.05) is 20.8 Å². The summed E-state index contributed by atoms with van der Waals surface area (Å²) in [6.45, 7) is 7.97. The summed E-state index contributed by atoms with van der Waals surface area (Å²) >= 11 is 0. The minimum atomic E-state index is 0.241. The molecule has 1 aliphatic rings. The van der Waals surface area contributed by atoms with E-state index in [1.807, 2.05) is 36.2 Å². The minimum absolute atomic E-state index is 0.241. The summed E-state index contributed by atoms with van der Waals surface area (Å²) in [5.74, 6) is 3.71. The number of ether oxygens (including phenoxy) is 3. The number of hydrogen-bond donors (Lipinski definition) is 2. The molecule has 0 amide bonds. The van der Waals surface area contributed by atoms with Crippen LogP contribution in [0.15, 0.2) is 40.4 Å². The summed E-state index contributed by atoms with van der Waals surface area (Å²) < 4.78 is 16.3. The first-order chi connectivity index (χ1) is 15.8. The molecule has 0 radical (unpaired) electrons. The van der Waals surface area contributed by atoms with Crippen LogP contribution in [0.1, 0.15) is 32.8 Å². The lowest BCUT2D eigenvalue weighted by molar-refractivity contribution is 0.324. The summed E-state index contributed by atoms with van der Waals surface area (Å²) in [6.07, 6.45) is 2.82. The summed E-state index contributed by atoms with van der Waals surface area (Å²) in [4.78, 5) is 15.9. The molecular formula is C24H34N6O3. The predicted molar refractivity (Wildman–Crippen MR) is 133 cm³/mol. The van der Waals surface area contributed by atoms with Crippen molar-refractivity contribution < 1.29 is 14.2 Å². The largest absolute Gasteiger partial charge is 0.493 e. The number of benzene rings is 1. The molecule has 2 aromatic rings. The number of aromatic nitrogens is 1. The second-order valence-electron chi connectivity index (χ2n) is 8.93. The highest BCUT2D eigenvalue weighted by atomic mass is 16.5. The number of nitrogens with one attached hydrogen (secondary N) is 2. The van der Waals surface area contributed by atoms with Crippen molar-refractivity contribution in [3.05, 3.63) is 36.0 Å². The quantitative estimate of drug-likeness (QED) is 0.621. The fourth-order valence-electron chi connectivity index (χ4n) is 3.36. The zero-order valence-corrected chi connectivity index (χ0v) is 20.5. The molecule has 0 unspecified atom stereocenters. The van der Waals surface area contributed by atoms with Crippen LogP contribution in [-0.4, -0.2) is 63.3 Å². The van der Waals surface area contributed by atoms with Crippen molar-refractivity contribution in [2.75, 3.05) is 52.2 Å². The zero-order valence-electron chi connectivity index (χ0n) is 20.5.